The molecule has 2 nitrogen and oxygen atoms in total. The number of benzene rings is 2. The van der Waals surface area contributed by atoms with Gasteiger partial charge in [0.05, 0.1) is 7.11 Å². The summed E-state index contributed by atoms with van der Waals surface area (Å²) in [6, 6.07) is 13.3. The minimum Gasteiger partial charge on any atom is -0.497 e. The van der Waals surface area contributed by atoms with Crippen molar-refractivity contribution in [3.63, 3.8) is 0 Å². The van der Waals surface area contributed by atoms with Gasteiger partial charge in [0.25, 0.3) is 0 Å². The summed E-state index contributed by atoms with van der Waals surface area (Å²) in [5, 5.41) is 3.67. The van der Waals surface area contributed by atoms with Gasteiger partial charge in [-0.1, -0.05) is 48.9 Å². The molecule has 0 saturated heterocycles. The Morgan fingerprint density at radius 2 is 2.05 bits per heavy atom. The van der Waals surface area contributed by atoms with Crippen LogP contribution in [-0.2, 0) is 11.8 Å². The van der Waals surface area contributed by atoms with Gasteiger partial charge in [0.1, 0.15) is 5.75 Å². The number of hydrogen-bond donors (Lipinski definition) is 1. The minimum absolute atomic E-state index is 0.496. The largest absolute Gasteiger partial charge is 0.497 e. The summed E-state index contributed by atoms with van der Waals surface area (Å²) in [6.45, 7) is 1.29. The minimum atomic E-state index is -0.688. The van der Waals surface area contributed by atoms with Gasteiger partial charge in [-0.25, -0.2) is 0 Å². The van der Waals surface area contributed by atoms with Crippen LogP contribution in [0.1, 0.15) is 20.8 Å². The molecule has 0 radical (unpaired) electrons. The van der Waals surface area contributed by atoms with Crippen molar-refractivity contribution in [3.05, 3.63) is 58.6 Å². The molecular weight excluding hydrogens is 270 g/mol. The molecule has 0 amide bonds. The summed E-state index contributed by atoms with van der Waals surface area (Å²) in [5.41, 5.74) is 1.70. The predicted molar refractivity (Wildman–Crippen MR) is 84.0 cm³/mol. The van der Waals surface area contributed by atoms with Crippen LogP contribution in [0.5, 0.6) is 5.75 Å². The van der Waals surface area contributed by atoms with Gasteiger partial charge in [-0.15, -0.1) is 0 Å². The molecule has 3 atom stereocenters. The molecule has 3 rings (SSSR count). The van der Waals surface area contributed by atoms with Crippen LogP contribution in [0.3, 0.4) is 0 Å². The Labute approximate surface area is 127 Å². The molecule has 104 valence electrons. The van der Waals surface area contributed by atoms with Crippen LogP contribution >= 0.6 is 11.6 Å². The molecule has 0 bridgehead atoms. The third-order valence-electron chi connectivity index (χ3n) is 3.71. The highest BCUT2D eigenvalue weighted by Crippen LogP contribution is 2.40. The fraction of sp³-hybridized carbons (Fsp3) is 0.294. The summed E-state index contributed by atoms with van der Waals surface area (Å²) in [6.07, 6.45) is -0.632. The molecule has 1 aliphatic rings. The Balaban J connectivity index is 2.15. The summed E-state index contributed by atoms with van der Waals surface area (Å²) in [7, 11) is 1.57. The summed E-state index contributed by atoms with van der Waals surface area (Å²) >= 11 is 6.38. The number of fused-ring (bicyclic) bond motifs is 1. The lowest BCUT2D eigenvalue weighted by Crippen LogP contribution is -2.37. The van der Waals surface area contributed by atoms with Gasteiger partial charge in [0.15, 0.2) is 0 Å². The van der Waals surface area contributed by atoms with E-state index in [4.69, 9.17) is 19.1 Å². The molecule has 3 unspecified atom stereocenters. The number of ether oxygens (including phenoxy) is 1. The molecule has 0 fully saturated rings. The van der Waals surface area contributed by atoms with E-state index in [0.29, 0.717) is 16.5 Å². The van der Waals surface area contributed by atoms with Crippen molar-refractivity contribution >= 4 is 17.3 Å². The first-order chi connectivity index (χ1) is 10.5. The van der Waals surface area contributed by atoms with Gasteiger partial charge in [-0.05, 0) is 23.6 Å². The van der Waals surface area contributed by atoms with E-state index in [1.165, 1.54) is 0 Å². The van der Waals surface area contributed by atoms with Gasteiger partial charge >= 0.3 is 0 Å². The average Bonchev–Trinajstić information content (AvgIpc) is 2.52. The highest BCUT2D eigenvalue weighted by Gasteiger charge is 2.32. The highest BCUT2D eigenvalue weighted by atomic mass is 35.5. The molecule has 3 heteroatoms. The van der Waals surface area contributed by atoms with E-state index < -0.39 is 18.3 Å². The molecule has 2 aromatic carbocycles. The summed E-state index contributed by atoms with van der Waals surface area (Å²) < 4.78 is 22.5. The third-order valence-corrected chi connectivity index (χ3v) is 4.02. The van der Waals surface area contributed by atoms with Gasteiger partial charge in [-0.3, -0.25) is 0 Å². The standard InChI is InChI=1S/C17H18ClNO/c1-17(12-6-4-3-5-7-12)10-14-15(18)8-13(20-2)9-16(14)19-11-17/h3-9,19H,10-11H2,1-2H3/i10D,11D. The number of methoxy groups -OCH3 is 1. The molecule has 0 aromatic heterocycles. The Morgan fingerprint density at radius 1 is 1.30 bits per heavy atom. The smallest absolute Gasteiger partial charge is 0.122 e. The zero-order chi connectivity index (χ0) is 15.9. The maximum atomic E-state index is 8.76. The molecule has 1 heterocycles. The van der Waals surface area contributed by atoms with E-state index in [1.807, 2.05) is 37.3 Å². The maximum absolute atomic E-state index is 8.76. The second kappa shape index (κ2) is 5.02. The van der Waals surface area contributed by atoms with E-state index in [2.05, 4.69) is 5.32 Å². The van der Waals surface area contributed by atoms with Crippen LogP contribution in [0.4, 0.5) is 5.69 Å². The van der Waals surface area contributed by atoms with E-state index in [-0.39, 0.29) is 0 Å². The van der Waals surface area contributed by atoms with E-state index in [1.54, 1.807) is 19.2 Å². The van der Waals surface area contributed by atoms with E-state index >= 15 is 0 Å². The zero-order valence-corrected chi connectivity index (χ0v) is 12.2. The molecular formula is C17H18ClNO. The lowest BCUT2D eigenvalue weighted by atomic mass is 9.75. The van der Waals surface area contributed by atoms with Crippen molar-refractivity contribution in [2.75, 3.05) is 18.9 Å². The second-order valence-electron chi connectivity index (χ2n) is 5.15. The fourth-order valence-electron chi connectivity index (χ4n) is 2.51. The Bertz CT molecular complexity index is 695. The number of rotatable bonds is 2. The van der Waals surface area contributed by atoms with Crippen molar-refractivity contribution in [2.45, 2.75) is 18.7 Å². The van der Waals surface area contributed by atoms with Crippen LogP contribution in [0.15, 0.2) is 42.5 Å². The SMILES string of the molecule is [2H]C1Nc2cc(OC)cc(Cl)c2C([2H])C1(C)c1ccccc1. The van der Waals surface area contributed by atoms with Crippen LogP contribution in [0, 0.1) is 0 Å². The van der Waals surface area contributed by atoms with E-state index in [0.717, 1.165) is 11.1 Å². The topological polar surface area (TPSA) is 21.3 Å². The van der Waals surface area contributed by atoms with E-state index in [9.17, 15) is 0 Å². The molecule has 0 spiro atoms. The van der Waals surface area contributed by atoms with Gasteiger partial charge in [0, 0.05) is 31.5 Å². The predicted octanol–water partition coefficient (Wildman–Crippen LogP) is 4.27. The van der Waals surface area contributed by atoms with Gasteiger partial charge in [-0.2, -0.15) is 0 Å². The zero-order valence-electron chi connectivity index (χ0n) is 13.5. The molecule has 20 heavy (non-hydrogen) atoms. The van der Waals surface area contributed by atoms with Gasteiger partial charge in [0.2, 0.25) is 0 Å². The fourth-order valence-corrected chi connectivity index (χ4v) is 2.77. The third kappa shape index (κ3) is 2.25. The van der Waals surface area contributed by atoms with Crippen molar-refractivity contribution < 1.29 is 7.48 Å². The van der Waals surface area contributed by atoms with Crippen LogP contribution < -0.4 is 10.1 Å². The lowest BCUT2D eigenvalue weighted by Gasteiger charge is -2.37. The van der Waals surface area contributed by atoms with Crippen molar-refractivity contribution in [3.8, 4) is 5.75 Å². The van der Waals surface area contributed by atoms with Crippen molar-refractivity contribution in [2.24, 2.45) is 0 Å². The maximum Gasteiger partial charge on any atom is 0.122 e. The number of nitrogens with one attached hydrogen (secondary N) is 1. The average molecular weight is 290 g/mol. The van der Waals surface area contributed by atoms with Crippen LogP contribution in [0.2, 0.25) is 5.02 Å². The van der Waals surface area contributed by atoms with Crippen LogP contribution in [-0.4, -0.2) is 13.6 Å². The molecule has 0 saturated carbocycles. The number of anilines is 1. The highest BCUT2D eigenvalue weighted by molar-refractivity contribution is 6.32. The lowest BCUT2D eigenvalue weighted by molar-refractivity contribution is 0.413. The number of halogens is 1. The Kier molecular flexibility index (Phi) is 2.77. The van der Waals surface area contributed by atoms with Crippen molar-refractivity contribution in [1.82, 2.24) is 0 Å². The summed E-state index contributed by atoms with van der Waals surface area (Å²) in [4.78, 5) is 0. The molecule has 1 aliphatic heterocycles. The summed E-state index contributed by atoms with van der Waals surface area (Å²) in [5.74, 6) is 0.624. The quantitative estimate of drug-likeness (QED) is 0.891. The number of hydrogen-bond acceptors (Lipinski definition) is 2. The first-order valence-electron chi connectivity index (χ1n) is 7.68. The Morgan fingerprint density at radius 3 is 2.75 bits per heavy atom. The monoisotopic (exact) mass is 289 g/mol. The first kappa shape index (κ1) is 11.0. The molecule has 0 aliphatic carbocycles. The molecule has 1 N–H and O–H groups in total. The molecule has 2 aromatic rings. The second-order valence-corrected chi connectivity index (χ2v) is 5.56. The first-order valence-corrected chi connectivity index (χ1v) is 6.90. The van der Waals surface area contributed by atoms with Crippen molar-refractivity contribution in [1.29, 1.82) is 0 Å². The normalized spacial score (nSPS) is 29.8. The Hall–Kier alpha value is -1.67. The van der Waals surface area contributed by atoms with Crippen LogP contribution in [0.25, 0.3) is 0 Å². The van der Waals surface area contributed by atoms with Gasteiger partial charge < -0.3 is 10.1 Å².